The molecule has 1 aliphatic heterocycles. The summed E-state index contributed by atoms with van der Waals surface area (Å²) in [6.45, 7) is 3.02. The number of benzene rings is 2. The van der Waals surface area contributed by atoms with Crippen molar-refractivity contribution in [2.75, 3.05) is 40.8 Å². The first-order chi connectivity index (χ1) is 15.0. The largest absolute Gasteiger partial charge is 0.497 e. The summed E-state index contributed by atoms with van der Waals surface area (Å²) in [4.78, 5) is 28.3. The third-order valence-electron chi connectivity index (χ3n) is 5.60. The molecular weight excluding hydrogens is 392 g/mol. The molecule has 7 nitrogen and oxygen atoms in total. The van der Waals surface area contributed by atoms with Crippen LogP contribution in [-0.4, -0.2) is 62.6 Å². The van der Waals surface area contributed by atoms with Crippen LogP contribution >= 0.6 is 0 Å². The second-order valence-electron chi connectivity index (χ2n) is 7.99. The van der Waals surface area contributed by atoms with Gasteiger partial charge in [-0.25, -0.2) is 4.79 Å². The molecule has 0 aliphatic carbocycles. The first kappa shape index (κ1) is 22.6. The number of carbonyl (C=O) groups excluding carboxylic acids is 2. The Morgan fingerprint density at radius 3 is 2.23 bits per heavy atom. The molecule has 1 unspecified atom stereocenters. The summed E-state index contributed by atoms with van der Waals surface area (Å²) in [6.07, 6.45) is 2.37. The maximum atomic E-state index is 12.4. The van der Waals surface area contributed by atoms with Crippen LogP contribution in [0.25, 0.3) is 0 Å². The standard InChI is InChI=1S/C24H32N4O3/c1-27(2)23(29)20-8-6-18(7-9-20)16-25-24(30)26-17-22(28-14-4-5-15-28)19-10-12-21(31-3)13-11-19/h6-13,22H,4-5,14-17H2,1-3H3,(H2,25,26,30). The Bertz CT molecular complexity index is 859. The fourth-order valence-electron chi connectivity index (χ4n) is 3.79. The number of nitrogens with zero attached hydrogens (tertiary/aromatic N) is 2. The molecule has 31 heavy (non-hydrogen) atoms. The van der Waals surface area contributed by atoms with E-state index >= 15 is 0 Å². The molecule has 1 saturated heterocycles. The lowest BCUT2D eigenvalue weighted by atomic mass is 10.1. The second kappa shape index (κ2) is 10.8. The summed E-state index contributed by atoms with van der Waals surface area (Å²) in [5, 5.41) is 5.92. The van der Waals surface area contributed by atoms with E-state index in [0.29, 0.717) is 18.7 Å². The number of carbonyl (C=O) groups is 2. The molecule has 1 atom stereocenters. The van der Waals surface area contributed by atoms with Crippen LogP contribution < -0.4 is 15.4 Å². The Hall–Kier alpha value is -3.06. The molecule has 0 spiro atoms. The molecule has 0 radical (unpaired) electrons. The molecule has 1 heterocycles. The fraction of sp³-hybridized carbons (Fsp3) is 0.417. The molecule has 3 amide bonds. The van der Waals surface area contributed by atoms with E-state index in [4.69, 9.17) is 4.74 Å². The summed E-state index contributed by atoms with van der Waals surface area (Å²) in [6, 6.07) is 15.3. The molecule has 0 bridgehead atoms. The SMILES string of the molecule is COc1ccc(C(CNC(=O)NCc2ccc(C(=O)N(C)C)cc2)N2CCCC2)cc1. The molecule has 0 aromatic heterocycles. The summed E-state index contributed by atoms with van der Waals surface area (Å²) in [5.41, 5.74) is 2.74. The van der Waals surface area contributed by atoms with Gasteiger partial charge >= 0.3 is 6.03 Å². The van der Waals surface area contributed by atoms with Gasteiger partial charge in [0.2, 0.25) is 0 Å². The number of hydrogen-bond acceptors (Lipinski definition) is 4. The summed E-state index contributed by atoms with van der Waals surface area (Å²) >= 11 is 0. The van der Waals surface area contributed by atoms with Gasteiger partial charge in [-0.05, 0) is 61.3 Å². The summed E-state index contributed by atoms with van der Waals surface area (Å²) < 4.78 is 5.26. The van der Waals surface area contributed by atoms with Crippen molar-refractivity contribution in [3.63, 3.8) is 0 Å². The average Bonchev–Trinajstić information content (AvgIpc) is 3.32. The van der Waals surface area contributed by atoms with Crippen LogP contribution in [0.1, 0.15) is 40.4 Å². The lowest BCUT2D eigenvalue weighted by Crippen LogP contribution is -2.41. The summed E-state index contributed by atoms with van der Waals surface area (Å²) in [7, 11) is 5.11. The van der Waals surface area contributed by atoms with Gasteiger partial charge < -0.3 is 20.3 Å². The predicted octanol–water partition coefficient (Wildman–Crippen LogP) is 3.03. The first-order valence-corrected chi connectivity index (χ1v) is 10.7. The monoisotopic (exact) mass is 424 g/mol. The summed E-state index contributed by atoms with van der Waals surface area (Å²) in [5.74, 6) is 0.789. The van der Waals surface area contributed by atoms with Crippen molar-refractivity contribution in [2.24, 2.45) is 0 Å². The van der Waals surface area contributed by atoms with Gasteiger partial charge in [0.1, 0.15) is 5.75 Å². The van der Waals surface area contributed by atoms with Gasteiger partial charge in [-0.15, -0.1) is 0 Å². The van der Waals surface area contributed by atoms with Crippen LogP contribution in [0.4, 0.5) is 4.79 Å². The minimum atomic E-state index is -0.203. The van der Waals surface area contributed by atoms with E-state index in [1.807, 2.05) is 24.3 Å². The zero-order valence-electron chi connectivity index (χ0n) is 18.6. The van der Waals surface area contributed by atoms with Crippen LogP contribution in [0.15, 0.2) is 48.5 Å². The first-order valence-electron chi connectivity index (χ1n) is 10.7. The minimum absolute atomic E-state index is 0.0382. The molecule has 2 N–H and O–H groups in total. The quantitative estimate of drug-likeness (QED) is 0.683. The number of nitrogens with one attached hydrogen (secondary N) is 2. The third-order valence-corrected chi connectivity index (χ3v) is 5.60. The van der Waals surface area contributed by atoms with Gasteiger partial charge in [-0.2, -0.15) is 0 Å². The zero-order chi connectivity index (χ0) is 22.2. The molecule has 166 valence electrons. The van der Waals surface area contributed by atoms with Crippen molar-refractivity contribution in [1.82, 2.24) is 20.4 Å². The maximum absolute atomic E-state index is 12.4. The van der Waals surface area contributed by atoms with E-state index in [1.54, 1.807) is 38.2 Å². The highest BCUT2D eigenvalue weighted by Gasteiger charge is 2.24. The highest BCUT2D eigenvalue weighted by atomic mass is 16.5. The van der Waals surface area contributed by atoms with Gasteiger partial charge in [0, 0.05) is 32.7 Å². The van der Waals surface area contributed by atoms with E-state index in [-0.39, 0.29) is 18.0 Å². The Labute approximate surface area is 184 Å². The number of amides is 3. The average molecular weight is 425 g/mol. The van der Waals surface area contributed by atoms with E-state index in [0.717, 1.165) is 24.4 Å². The van der Waals surface area contributed by atoms with Crippen LogP contribution in [0, 0.1) is 0 Å². The number of methoxy groups -OCH3 is 1. The highest BCUT2D eigenvalue weighted by molar-refractivity contribution is 5.93. The normalized spacial score (nSPS) is 14.7. The topological polar surface area (TPSA) is 73.9 Å². The van der Waals surface area contributed by atoms with Gasteiger partial charge in [0.05, 0.1) is 13.2 Å². The van der Waals surface area contributed by atoms with Crippen molar-refractivity contribution in [3.8, 4) is 5.75 Å². The third kappa shape index (κ3) is 6.21. The van der Waals surface area contributed by atoms with Crippen LogP contribution in [-0.2, 0) is 6.54 Å². The number of hydrogen-bond donors (Lipinski definition) is 2. The molecule has 1 fully saturated rings. The Kier molecular flexibility index (Phi) is 7.89. The lowest BCUT2D eigenvalue weighted by Gasteiger charge is -2.28. The predicted molar refractivity (Wildman–Crippen MR) is 121 cm³/mol. The molecule has 3 rings (SSSR count). The van der Waals surface area contributed by atoms with Crippen LogP contribution in [0.5, 0.6) is 5.75 Å². The molecule has 1 aliphatic rings. The number of urea groups is 1. The Morgan fingerprint density at radius 1 is 1.00 bits per heavy atom. The van der Waals surface area contributed by atoms with Gasteiger partial charge in [0.25, 0.3) is 5.91 Å². The van der Waals surface area contributed by atoms with Gasteiger partial charge in [-0.1, -0.05) is 24.3 Å². The smallest absolute Gasteiger partial charge is 0.315 e. The van der Waals surface area contributed by atoms with Crippen molar-refractivity contribution < 1.29 is 14.3 Å². The molecule has 0 saturated carbocycles. The van der Waals surface area contributed by atoms with Crippen molar-refractivity contribution in [3.05, 3.63) is 65.2 Å². The van der Waals surface area contributed by atoms with Crippen molar-refractivity contribution in [1.29, 1.82) is 0 Å². The molecule has 2 aromatic rings. The molecule has 7 heteroatoms. The maximum Gasteiger partial charge on any atom is 0.315 e. The van der Waals surface area contributed by atoms with Crippen molar-refractivity contribution >= 4 is 11.9 Å². The number of likely N-dealkylation sites (tertiary alicyclic amines) is 1. The van der Waals surface area contributed by atoms with Crippen molar-refractivity contribution in [2.45, 2.75) is 25.4 Å². The molecule has 2 aromatic carbocycles. The van der Waals surface area contributed by atoms with Crippen LogP contribution in [0.3, 0.4) is 0 Å². The molecular formula is C24H32N4O3. The van der Waals surface area contributed by atoms with E-state index in [1.165, 1.54) is 18.4 Å². The number of ether oxygens (including phenoxy) is 1. The van der Waals surface area contributed by atoms with E-state index < -0.39 is 0 Å². The van der Waals surface area contributed by atoms with E-state index in [2.05, 4.69) is 27.7 Å². The highest BCUT2D eigenvalue weighted by Crippen LogP contribution is 2.26. The van der Waals surface area contributed by atoms with Gasteiger partial charge in [-0.3, -0.25) is 9.69 Å². The zero-order valence-corrected chi connectivity index (χ0v) is 18.6. The number of rotatable bonds is 8. The lowest BCUT2D eigenvalue weighted by molar-refractivity contribution is 0.0827. The minimum Gasteiger partial charge on any atom is -0.497 e. The van der Waals surface area contributed by atoms with Gasteiger partial charge in [0.15, 0.2) is 0 Å². The van der Waals surface area contributed by atoms with Crippen LogP contribution in [0.2, 0.25) is 0 Å². The second-order valence-corrected chi connectivity index (χ2v) is 7.99. The Balaban J connectivity index is 1.53. The Morgan fingerprint density at radius 2 is 1.65 bits per heavy atom. The van der Waals surface area contributed by atoms with E-state index in [9.17, 15) is 9.59 Å². The fourth-order valence-corrected chi connectivity index (χ4v) is 3.79.